The summed E-state index contributed by atoms with van der Waals surface area (Å²) in [4.78, 5) is 12.6. The molecule has 3 rings (SSSR count). The number of carbonyl (C=O) groups excluding carboxylic acids is 1. The van der Waals surface area contributed by atoms with Crippen LogP contribution in [-0.4, -0.2) is 38.8 Å². The fourth-order valence-corrected chi connectivity index (χ4v) is 5.25. The number of nitrogens with zero attached hydrogens (tertiary/aromatic N) is 1. The number of sulfonamides is 1. The largest absolute Gasteiger partial charge is 0.495 e. The number of hydrogen-bond donors (Lipinski definition) is 1. The van der Waals surface area contributed by atoms with E-state index in [1.54, 1.807) is 18.2 Å². The molecule has 0 aromatic heterocycles. The summed E-state index contributed by atoms with van der Waals surface area (Å²) in [6, 6.07) is 9.03. The molecule has 0 atom stereocenters. The third kappa shape index (κ3) is 4.43. The van der Waals surface area contributed by atoms with E-state index in [1.807, 2.05) is 0 Å². The first-order valence-electron chi connectivity index (χ1n) is 8.77. The molecule has 0 spiro atoms. The van der Waals surface area contributed by atoms with Crippen molar-refractivity contribution in [3.05, 3.63) is 52.0 Å². The SMILES string of the molecule is COc1ccc(Cl)cc1NC(=O)c1ccc(Cl)c(S(=O)(=O)N2CCCCC2)c1. The third-order valence-electron chi connectivity index (χ3n) is 4.54. The highest BCUT2D eigenvalue weighted by Gasteiger charge is 2.28. The van der Waals surface area contributed by atoms with Crippen molar-refractivity contribution in [1.29, 1.82) is 0 Å². The van der Waals surface area contributed by atoms with Crippen LogP contribution in [0.25, 0.3) is 0 Å². The van der Waals surface area contributed by atoms with Crippen molar-refractivity contribution in [3.63, 3.8) is 0 Å². The van der Waals surface area contributed by atoms with Crippen molar-refractivity contribution in [2.75, 3.05) is 25.5 Å². The van der Waals surface area contributed by atoms with Gasteiger partial charge < -0.3 is 10.1 Å². The maximum Gasteiger partial charge on any atom is 0.255 e. The maximum absolute atomic E-state index is 13.0. The van der Waals surface area contributed by atoms with Gasteiger partial charge in [-0.2, -0.15) is 4.31 Å². The van der Waals surface area contributed by atoms with Crippen LogP contribution in [0.3, 0.4) is 0 Å². The van der Waals surface area contributed by atoms with E-state index in [1.165, 1.54) is 29.6 Å². The molecule has 0 aliphatic carbocycles. The number of piperidine rings is 1. The van der Waals surface area contributed by atoms with Crippen molar-refractivity contribution >= 4 is 44.8 Å². The van der Waals surface area contributed by atoms with Gasteiger partial charge in [-0.3, -0.25) is 4.79 Å². The van der Waals surface area contributed by atoms with Crippen molar-refractivity contribution < 1.29 is 17.9 Å². The lowest BCUT2D eigenvalue weighted by molar-refractivity contribution is 0.102. The zero-order chi connectivity index (χ0) is 20.3. The summed E-state index contributed by atoms with van der Waals surface area (Å²) in [5.74, 6) is -0.0554. The van der Waals surface area contributed by atoms with Crippen LogP contribution in [0.5, 0.6) is 5.75 Å². The fraction of sp³-hybridized carbons (Fsp3) is 0.316. The van der Waals surface area contributed by atoms with Crippen molar-refractivity contribution in [2.45, 2.75) is 24.2 Å². The third-order valence-corrected chi connectivity index (χ3v) is 7.15. The molecule has 1 N–H and O–H groups in total. The van der Waals surface area contributed by atoms with E-state index in [9.17, 15) is 13.2 Å². The molecule has 0 unspecified atom stereocenters. The molecule has 0 saturated carbocycles. The van der Waals surface area contributed by atoms with Crippen LogP contribution < -0.4 is 10.1 Å². The van der Waals surface area contributed by atoms with E-state index in [-0.39, 0.29) is 15.5 Å². The maximum atomic E-state index is 13.0. The highest BCUT2D eigenvalue weighted by molar-refractivity contribution is 7.89. The van der Waals surface area contributed by atoms with E-state index in [0.29, 0.717) is 29.5 Å². The number of carbonyl (C=O) groups is 1. The van der Waals surface area contributed by atoms with Crippen molar-refractivity contribution in [1.82, 2.24) is 4.31 Å². The molecular formula is C19H20Cl2N2O4S. The van der Waals surface area contributed by atoms with Gasteiger partial charge in [-0.15, -0.1) is 0 Å². The topological polar surface area (TPSA) is 75.7 Å². The average Bonchev–Trinajstić information content (AvgIpc) is 2.69. The summed E-state index contributed by atoms with van der Waals surface area (Å²) in [7, 11) is -2.29. The highest BCUT2D eigenvalue weighted by atomic mass is 35.5. The van der Waals surface area contributed by atoms with Gasteiger partial charge in [0.2, 0.25) is 10.0 Å². The minimum absolute atomic E-state index is 0.0678. The van der Waals surface area contributed by atoms with Crippen LogP contribution in [0.2, 0.25) is 10.0 Å². The molecule has 6 nitrogen and oxygen atoms in total. The standard InChI is InChI=1S/C19H20Cl2N2O4S/c1-27-17-8-6-14(20)12-16(17)22-19(24)13-5-7-15(21)18(11-13)28(25,26)23-9-3-2-4-10-23/h5-8,11-12H,2-4,9-10H2,1H3,(H,22,24). The van der Waals surface area contributed by atoms with Gasteiger partial charge in [0.05, 0.1) is 17.8 Å². The molecule has 2 aromatic carbocycles. The number of halogens is 2. The van der Waals surface area contributed by atoms with Crippen LogP contribution >= 0.6 is 23.2 Å². The summed E-state index contributed by atoms with van der Waals surface area (Å²) in [6.45, 7) is 0.906. The summed E-state index contributed by atoms with van der Waals surface area (Å²) in [6.07, 6.45) is 2.63. The number of ether oxygens (including phenoxy) is 1. The van der Waals surface area contributed by atoms with Crippen LogP contribution in [-0.2, 0) is 10.0 Å². The Kier molecular flexibility index (Phi) is 6.50. The summed E-state index contributed by atoms with van der Waals surface area (Å²) < 4.78 is 32.5. The van der Waals surface area contributed by atoms with E-state index in [0.717, 1.165) is 19.3 Å². The predicted octanol–water partition coefficient (Wildman–Crippen LogP) is 4.43. The van der Waals surface area contributed by atoms with Crippen LogP contribution in [0.1, 0.15) is 29.6 Å². The summed E-state index contributed by atoms with van der Waals surface area (Å²) in [5, 5.41) is 3.21. The van der Waals surface area contributed by atoms with Gasteiger partial charge in [-0.05, 0) is 49.2 Å². The second-order valence-electron chi connectivity index (χ2n) is 6.41. The van der Waals surface area contributed by atoms with Crippen LogP contribution in [0.4, 0.5) is 5.69 Å². The number of methoxy groups -OCH3 is 1. The Morgan fingerprint density at radius 2 is 1.79 bits per heavy atom. The number of nitrogens with one attached hydrogen (secondary N) is 1. The molecule has 0 bridgehead atoms. The molecule has 1 aliphatic rings. The zero-order valence-electron chi connectivity index (χ0n) is 15.2. The smallest absolute Gasteiger partial charge is 0.255 e. The Hall–Kier alpha value is -1.80. The van der Waals surface area contributed by atoms with Crippen molar-refractivity contribution in [2.24, 2.45) is 0 Å². The molecule has 1 aliphatic heterocycles. The number of hydrogen-bond acceptors (Lipinski definition) is 4. The number of benzene rings is 2. The first kappa shape index (κ1) is 20.9. The van der Waals surface area contributed by atoms with Gasteiger partial charge in [0.15, 0.2) is 0 Å². The Morgan fingerprint density at radius 3 is 2.46 bits per heavy atom. The molecule has 28 heavy (non-hydrogen) atoms. The second-order valence-corrected chi connectivity index (χ2v) is 9.16. The minimum Gasteiger partial charge on any atom is -0.495 e. The molecule has 1 amide bonds. The lowest BCUT2D eigenvalue weighted by Crippen LogP contribution is -2.35. The lowest BCUT2D eigenvalue weighted by atomic mass is 10.2. The number of rotatable bonds is 5. The van der Waals surface area contributed by atoms with E-state index in [2.05, 4.69) is 5.32 Å². The molecule has 150 valence electrons. The molecule has 1 heterocycles. The summed E-state index contributed by atoms with van der Waals surface area (Å²) in [5.41, 5.74) is 0.553. The van der Waals surface area contributed by atoms with Crippen molar-refractivity contribution in [3.8, 4) is 5.75 Å². The molecule has 1 saturated heterocycles. The highest BCUT2D eigenvalue weighted by Crippen LogP contribution is 2.30. The van der Waals surface area contributed by atoms with E-state index in [4.69, 9.17) is 27.9 Å². The Labute approximate surface area is 174 Å². The molecule has 0 radical (unpaired) electrons. The number of amides is 1. The van der Waals surface area contributed by atoms with E-state index < -0.39 is 15.9 Å². The Bertz CT molecular complexity index is 989. The Balaban J connectivity index is 1.91. The molecular weight excluding hydrogens is 423 g/mol. The monoisotopic (exact) mass is 442 g/mol. The lowest BCUT2D eigenvalue weighted by Gasteiger charge is -2.26. The minimum atomic E-state index is -3.77. The van der Waals surface area contributed by atoms with E-state index >= 15 is 0 Å². The molecule has 1 fully saturated rings. The molecule has 9 heteroatoms. The average molecular weight is 443 g/mol. The van der Waals surface area contributed by atoms with Crippen LogP contribution in [0.15, 0.2) is 41.3 Å². The van der Waals surface area contributed by atoms with Gasteiger partial charge in [0.25, 0.3) is 5.91 Å². The van der Waals surface area contributed by atoms with Gasteiger partial charge in [-0.1, -0.05) is 29.6 Å². The quantitative estimate of drug-likeness (QED) is 0.742. The normalized spacial score (nSPS) is 15.2. The first-order chi connectivity index (χ1) is 13.3. The second kappa shape index (κ2) is 8.69. The van der Waals surface area contributed by atoms with Gasteiger partial charge in [0.1, 0.15) is 10.6 Å². The van der Waals surface area contributed by atoms with Gasteiger partial charge >= 0.3 is 0 Å². The number of anilines is 1. The molecule has 2 aromatic rings. The fourth-order valence-electron chi connectivity index (χ4n) is 3.06. The first-order valence-corrected chi connectivity index (χ1v) is 11.0. The van der Waals surface area contributed by atoms with Crippen LogP contribution in [0, 0.1) is 0 Å². The predicted molar refractivity (Wildman–Crippen MR) is 110 cm³/mol. The van der Waals surface area contributed by atoms with Gasteiger partial charge in [0, 0.05) is 23.7 Å². The summed E-state index contributed by atoms with van der Waals surface area (Å²) >= 11 is 12.1. The zero-order valence-corrected chi connectivity index (χ0v) is 17.6. The van der Waals surface area contributed by atoms with Gasteiger partial charge in [-0.25, -0.2) is 8.42 Å². The Morgan fingerprint density at radius 1 is 1.07 bits per heavy atom.